The fourth-order valence-electron chi connectivity index (χ4n) is 3.93. The van der Waals surface area contributed by atoms with Gasteiger partial charge < -0.3 is 19.0 Å². The molecule has 0 aliphatic carbocycles. The summed E-state index contributed by atoms with van der Waals surface area (Å²) in [4.78, 5) is 29.7. The van der Waals surface area contributed by atoms with Crippen molar-refractivity contribution in [1.29, 1.82) is 0 Å². The molecule has 0 radical (unpaired) electrons. The van der Waals surface area contributed by atoms with E-state index in [0.717, 1.165) is 37.1 Å². The molecule has 4 rings (SSSR count). The molecule has 3 heterocycles. The van der Waals surface area contributed by atoms with Gasteiger partial charge in [0.25, 0.3) is 5.91 Å². The second-order valence-electron chi connectivity index (χ2n) is 7.46. The van der Waals surface area contributed by atoms with E-state index in [4.69, 9.17) is 9.15 Å². The van der Waals surface area contributed by atoms with E-state index in [1.54, 1.807) is 4.90 Å². The first-order chi connectivity index (χ1) is 12.4. The Kier molecular flexibility index (Phi) is 5.34. The maximum Gasteiger partial charge on any atom is 0.292 e. The maximum atomic E-state index is 13.1. The molecule has 1 amide bonds. The van der Waals surface area contributed by atoms with Crippen LogP contribution in [-0.4, -0.2) is 54.7 Å². The minimum Gasteiger partial charge on any atom is -0.451 e. The molecular weight excluding hydrogens is 368 g/mol. The van der Waals surface area contributed by atoms with Crippen molar-refractivity contribution in [1.82, 2.24) is 9.80 Å². The molecule has 2 fully saturated rings. The zero-order valence-electron chi connectivity index (χ0n) is 15.9. The molecule has 1 aromatic heterocycles. The number of hydrogen-bond donors (Lipinski definition) is 0. The molecular formula is C20H25ClN2O4. The molecule has 7 heteroatoms. The van der Waals surface area contributed by atoms with Gasteiger partial charge in [-0.05, 0) is 44.2 Å². The predicted octanol–water partition coefficient (Wildman–Crippen LogP) is 2.73. The molecule has 2 aliphatic rings. The van der Waals surface area contributed by atoms with E-state index in [-0.39, 0.29) is 29.5 Å². The SMILES string of the molecule is Cc1cc2oc(C(=O)N3CCOC34CCN(C)CC4)cc(=O)c2cc1C.Cl. The van der Waals surface area contributed by atoms with E-state index in [0.29, 0.717) is 24.1 Å². The molecule has 0 N–H and O–H groups in total. The quantitative estimate of drug-likeness (QED) is 0.746. The second kappa shape index (κ2) is 7.26. The van der Waals surface area contributed by atoms with Crippen LogP contribution in [0.1, 0.15) is 34.5 Å². The van der Waals surface area contributed by atoms with Crippen LogP contribution >= 0.6 is 12.4 Å². The van der Waals surface area contributed by atoms with Gasteiger partial charge in [-0.2, -0.15) is 0 Å². The third-order valence-electron chi connectivity index (χ3n) is 5.75. The average Bonchev–Trinajstić information content (AvgIpc) is 3.02. The summed E-state index contributed by atoms with van der Waals surface area (Å²) >= 11 is 0. The van der Waals surface area contributed by atoms with E-state index < -0.39 is 5.72 Å². The largest absolute Gasteiger partial charge is 0.451 e. The number of carbonyl (C=O) groups excluding carboxylic acids is 1. The van der Waals surface area contributed by atoms with Crippen LogP contribution in [-0.2, 0) is 4.74 Å². The fraction of sp³-hybridized carbons (Fsp3) is 0.500. The van der Waals surface area contributed by atoms with Gasteiger partial charge in [-0.25, -0.2) is 0 Å². The van der Waals surface area contributed by atoms with Gasteiger partial charge in [0.15, 0.2) is 11.2 Å². The Morgan fingerprint density at radius 3 is 2.44 bits per heavy atom. The number of ether oxygens (including phenoxy) is 1. The van der Waals surface area contributed by atoms with Gasteiger partial charge in [-0.15, -0.1) is 12.4 Å². The number of aryl methyl sites for hydroxylation is 2. The normalized spacial score (nSPS) is 19.4. The highest BCUT2D eigenvalue weighted by Crippen LogP contribution is 2.35. The van der Waals surface area contributed by atoms with Crippen molar-refractivity contribution < 1.29 is 13.9 Å². The zero-order chi connectivity index (χ0) is 18.5. The second-order valence-corrected chi connectivity index (χ2v) is 7.46. The van der Waals surface area contributed by atoms with E-state index in [9.17, 15) is 9.59 Å². The number of likely N-dealkylation sites (tertiary alicyclic amines) is 1. The molecule has 146 valence electrons. The molecule has 1 aromatic carbocycles. The van der Waals surface area contributed by atoms with Gasteiger partial charge in [-0.3, -0.25) is 9.59 Å². The lowest BCUT2D eigenvalue weighted by atomic mass is 9.99. The topological polar surface area (TPSA) is 63.0 Å². The van der Waals surface area contributed by atoms with Crippen LogP contribution in [0.3, 0.4) is 0 Å². The number of rotatable bonds is 1. The Labute approximate surface area is 164 Å². The average molecular weight is 393 g/mol. The molecule has 0 atom stereocenters. The summed E-state index contributed by atoms with van der Waals surface area (Å²) < 4.78 is 11.8. The maximum absolute atomic E-state index is 13.1. The summed E-state index contributed by atoms with van der Waals surface area (Å²) in [7, 11) is 2.07. The third-order valence-corrected chi connectivity index (χ3v) is 5.75. The number of fused-ring (bicyclic) bond motifs is 1. The molecule has 2 aromatic rings. The van der Waals surface area contributed by atoms with E-state index in [2.05, 4.69) is 11.9 Å². The van der Waals surface area contributed by atoms with Gasteiger partial charge in [0, 0.05) is 38.5 Å². The monoisotopic (exact) mass is 392 g/mol. The number of piperidine rings is 1. The first kappa shape index (κ1) is 19.9. The van der Waals surface area contributed by atoms with Crippen LogP contribution in [0, 0.1) is 13.8 Å². The van der Waals surface area contributed by atoms with Gasteiger partial charge in [0.05, 0.1) is 12.0 Å². The first-order valence-corrected chi connectivity index (χ1v) is 9.09. The number of benzene rings is 1. The summed E-state index contributed by atoms with van der Waals surface area (Å²) in [6.07, 6.45) is 1.54. The minimum atomic E-state index is -0.569. The highest BCUT2D eigenvalue weighted by Gasteiger charge is 2.47. The fourth-order valence-corrected chi connectivity index (χ4v) is 3.93. The standard InChI is InChI=1S/C20H24N2O4.ClH/c1-13-10-15-16(23)12-18(26-17(15)11-14(13)2)19(24)22-8-9-25-20(22)4-6-21(3)7-5-20;/h10-12H,4-9H2,1-3H3;1H. The Morgan fingerprint density at radius 1 is 1.07 bits per heavy atom. The van der Waals surface area contributed by atoms with Gasteiger partial charge in [0.2, 0.25) is 0 Å². The lowest BCUT2D eigenvalue weighted by Gasteiger charge is -2.42. The van der Waals surface area contributed by atoms with Crippen LogP contribution in [0.15, 0.2) is 27.4 Å². The number of carbonyl (C=O) groups is 1. The van der Waals surface area contributed by atoms with Gasteiger partial charge >= 0.3 is 0 Å². The van der Waals surface area contributed by atoms with Crippen molar-refractivity contribution in [2.24, 2.45) is 0 Å². The van der Waals surface area contributed by atoms with Crippen LogP contribution in [0.2, 0.25) is 0 Å². The Morgan fingerprint density at radius 2 is 1.74 bits per heavy atom. The number of halogens is 1. The van der Waals surface area contributed by atoms with Crippen LogP contribution in [0.4, 0.5) is 0 Å². The zero-order valence-corrected chi connectivity index (χ0v) is 16.7. The molecule has 0 unspecified atom stereocenters. The van der Waals surface area contributed by atoms with Crippen molar-refractivity contribution in [2.45, 2.75) is 32.4 Å². The molecule has 6 nitrogen and oxygen atoms in total. The number of nitrogens with zero attached hydrogens (tertiary/aromatic N) is 2. The van der Waals surface area contributed by atoms with Crippen molar-refractivity contribution in [3.63, 3.8) is 0 Å². The molecule has 0 saturated carbocycles. The molecule has 2 aliphatic heterocycles. The number of amides is 1. The first-order valence-electron chi connectivity index (χ1n) is 9.09. The van der Waals surface area contributed by atoms with Crippen LogP contribution in [0.5, 0.6) is 0 Å². The summed E-state index contributed by atoms with van der Waals surface area (Å²) in [5.74, 6) is -0.168. The molecule has 0 bridgehead atoms. The van der Waals surface area contributed by atoms with Gasteiger partial charge in [0.1, 0.15) is 11.3 Å². The minimum absolute atomic E-state index is 0. The van der Waals surface area contributed by atoms with Crippen LogP contribution < -0.4 is 5.43 Å². The summed E-state index contributed by atoms with van der Waals surface area (Å²) in [5.41, 5.74) is 1.76. The van der Waals surface area contributed by atoms with E-state index in [1.807, 2.05) is 26.0 Å². The van der Waals surface area contributed by atoms with E-state index in [1.165, 1.54) is 6.07 Å². The van der Waals surface area contributed by atoms with Gasteiger partial charge in [-0.1, -0.05) is 0 Å². The van der Waals surface area contributed by atoms with Crippen molar-refractivity contribution in [3.05, 3.63) is 45.3 Å². The lowest BCUT2D eigenvalue weighted by Crippen LogP contribution is -2.54. The number of hydrogen-bond acceptors (Lipinski definition) is 5. The highest BCUT2D eigenvalue weighted by molar-refractivity contribution is 5.94. The highest BCUT2D eigenvalue weighted by atomic mass is 35.5. The molecule has 27 heavy (non-hydrogen) atoms. The Balaban J connectivity index is 0.00000210. The van der Waals surface area contributed by atoms with Crippen molar-refractivity contribution in [3.8, 4) is 0 Å². The summed E-state index contributed by atoms with van der Waals surface area (Å²) in [6.45, 7) is 6.72. The van der Waals surface area contributed by atoms with Crippen LogP contribution in [0.25, 0.3) is 11.0 Å². The summed E-state index contributed by atoms with van der Waals surface area (Å²) in [5, 5.41) is 0.510. The Bertz CT molecular complexity index is 931. The van der Waals surface area contributed by atoms with Crippen molar-refractivity contribution in [2.75, 3.05) is 33.3 Å². The lowest BCUT2D eigenvalue weighted by molar-refractivity contribution is -0.103. The smallest absolute Gasteiger partial charge is 0.292 e. The molecule has 2 saturated heterocycles. The third kappa shape index (κ3) is 3.37. The molecule has 1 spiro atoms. The Hall–Kier alpha value is -1.89. The summed E-state index contributed by atoms with van der Waals surface area (Å²) in [6, 6.07) is 4.97. The predicted molar refractivity (Wildman–Crippen MR) is 106 cm³/mol. The van der Waals surface area contributed by atoms with Crippen molar-refractivity contribution >= 4 is 29.3 Å². The van der Waals surface area contributed by atoms with E-state index >= 15 is 0 Å².